The van der Waals surface area contributed by atoms with Crippen LogP contribution in [0.3, 0.4) is 0 Å². The van der Waals surface area contributed by atoms with Crippen LogP contribution in [-0.4, -0.2) is 59.3 Å². The van der Waals surface area contributed by atoms with E-state index in [1.807, 2.05) is 12.1 Å². The van der Waals surface area contributed by atoms with Gasteiger partial charge >= 0.3 is 0 Å². The SMILES string of the molecule is COCCn1ccc2nc(N3CCN(Cc4ccccc4)CC3)ncc2c1=O. The Bertz CT molecular complexity index is 981. The molecule has 146 valence electrons. The zero-order chi connectivity index (χ0) is 19.3. The van der Waals surface area contributed by atoms with Gasteiger partial charge in [-0.05, 0) is 11.6 Å². The summed E-state index contributed by atoms with van der Waals surface area (Å²) in [4.78, 5) is 26.3. The Morgan fingerprint density at radius 2 is 1.86 bits per heavy atom. The summed E-state index contributed by atoms with van der Waals surface area (Å²) in [6.45, 7) is 5.68. The van der Waals surface area contributed by atoms with Gasteiger partial charge in [0.1, 0.15) is 0 Å². The quantitative estimate of drug-likeness (QED) is 0.650. The molecule has 0 N–H and O–H groups in total. The van der Waals surface area contributed by atoms with E-state index in [1.165, 1.54) is 5.56 Å². The third-order valence-electron chi connectivity index (χ3n) is 5.15. The number of methoxy groups -OCH3 is 1. The molecule has 3 heterocycles. The highest BCUT2D eigenvalue weighted by Gasteiger charge is 2.19. The van der Waals surface area contributed by atoms with Crippen LogP contribution in [0.5, 0.6) is 0 Å². The lowest BCUT2D eigenvalue weighted by Gasteiger charge is -2.34. The number of hydrogen-bond donors (Lipinski definition) is 0. The molecule has 4 rings (SSSR count). The molecule has 0 spiro atoms. The van der Waals surface area contributed by atoms with Gasteiger partial charge in [0.05, 0.1) is 17.5 Å². The molecule has 7 nitrogen and oxygen atoms in total. The van der Waals surface area contributed by atoms with Crippen LogP contribution in [0.25, 0.3) is 10.9 Å². The molecule has 0 unspecified atom stereocenters. The van der Waals surface area contributed by atoms with Gasteiger partial charge in [-0.25, -0.2) is 9.97 Å². The van der Waals surface area contributed by atoms with Gasteiger partial charge in [-0.15, -0.1) is 0 Å². The maximum Gasteiger partial charge on any atom is 0.261 e. The lowest BCUT2D eigenvalue weighted by Crippen LogP contribution is -2.46. The van der Waals surface area contributed by atoms with Crippen LogP contribution in [0.15, 0.2) is 53.6 Å². The van der Waals surface area contributed by atoms with E-state index in [1.54, 1.807) is 24.1 Å². The molecule has 0 amide bonds. The predicted molar refractivity (Wildman–Crippen MR) is 110 cm³/mol. The second-order valence-corrected chi connectivity index (χ2v) is 7.02. The van der Waals surface area contributed by atoms with Crippen molar-refractivity contribution in [2.75, 3.05) is 44.8 Å². The third-order valence-corrected chi connectivity index (χ3v) is 5.15. The second kappa shape index (κ2) is 8.50. The van der Waals surface area contributed by atoms with E-state index in [4.69, 9.17) is 4.74 Å². The number of ether oxygens (including phenoxy) is 1. The van der Waals surface area contributed by atoms with Gasteiger partial charge in [0.25, 0.3) is 5.56 Å². The zero-order valence-corrected chi connectivity index (χ0v) is 16.1. The number of hydrogen-bond acceptors (Lipinski definition) is 6. The highest BCUT2D eigenvalue weighted by molar-refractivity contribution is 5.77. The summed E-state index contributed by atoms with van der Waals surface area (Å²) in [6, 6.07) is 12.4. The first-order chi connectivity index (χ1) is 13.7. The monoisotopic (exact) mass is 379 g/mol. The van der Waals surface area contributed by atoms with Crippen molar-refractivity contribution in [1.82, 2.24) is 19.4 Å². The molecule has 1 aromatic carbocycles. The number of rotatable bonds is 6. The summed E-state index contributed by atoms with van der Waals surface area (Å²) in [7, 11) is 1.63. The largest absolute Gasteiger partial charge is 0.383 e. The average molecular weight is 379 g/mol. The van der Waals surface area contributed by atoms with Crippen LogP contribution in [0.4, 0.5) is 5.95 Å². The van der Waals surface area contributed by atoms with Crippen LogP contribution < -0.4 is 10.5 Å². The van der Waals surface area contributed by atoms with Crippen LogP contribution in [0.2, 0.25) is 0 Å². The summed E-state index contributed by atoms with van der Waals surface area (Å²) in [5.41, 5.74) is 1.95. The highest BCUT2D eigenvalue weighted by Crippen LogP contribution is 2.15. The van der Waals surface area contributed by atoms with Crippen molar-refractivity contribution >= 4 is 16.9 Å². The van der Waals surface area contributed by atoms with Crippen LogP contribution >= 0.6 is 0 Å². The molecule has 1 aliphatic rings. The second-order valence-electron chi connectivity index (χ2n) is 7.02. The summed E-state index contributed by atoms with van der Waals surface area (Å²) < 4.78 is 6.69. The summed E-state index contributed by atoms with van der Waals surface area (Å²) in [5, 5.41) is 0.546. The Kier molecular flexibility index (Phi) is 5.64. The number of fused-ring (bicyclic) bond motifs is 1. The third kappa shape index (κ3) is 4.05. The maximum absolute atomic E-state index is 12.5. The number of pyridine rings is 1. The maximum atomic E-state index is 12.5. The molecule has 0 radical (unpaired) electrons. The van der Waals surface area contributed by atoms with Crippen molar-refractivity contribution in [3.05, 3.63) is 64.7 Å². The molecule has 7 heteroatoms. The minimum atomic E-state index is -0.0752. The predicted octanol–water partition coefficient (Wildman–Crippen LogP) is 1.76. The first kappa shape index (κ1) is 18.6. The number of anilines is 1. The van der Waals surface area contributed by atoms with E-state index in [-0.39, 0.29) is 5.56 Å². The first-order valence-corrected chi connectivity index (χ1v) is 9.61. The number of nitrogens with zero attached hydrogens (tertiary/aromatic N) is 5. The summed E-state index contributed by atoms with van der Waals surface area (Å²) >= 11 is 0. The van der Waals surface area contributed by atoms with Crippen LogP contribution in [0, 0.1) is 0 Å². The Hall–Kier alpha value is -2.77. The lowest BCUT2D eigenvalue weighted by molar-refractivity contribution is 0.186. The van der Waals surface area contributed by atoms with Gasteiger partial charge in [-0.3, -0.25) is 9.69 Å². The standard InChI is InChI=1S/C21H25N5O2/c1-28-14-13-25-8-7-19-18(20(25)27)15-22-21(23-19)26-11-9-24(10-12-26)16-17-5-3-2-4-6-17/h2-8,15H,9-14,16H2,1H3. The molecule has 2 aromatic heterocycles. The van der Waals surface area contributed by atoms with Crippen molar-refractivity contribution in [2.24, 2.45) is 0 Å². The number of benzene rings is 1. The van der Waals surface area contributed by atoms with Gasteiger partial charge in [-0.2, -0.15) is 0 Å². The molecule has 0 saturated carbocycles. The smallest absolute Gasteiger partial charge is 0.261 e. The van der Waals surface area contributed by atoms with E-state index in [0.717, 1.165) is 32.7 Å². The van der Waals surface area contributed by atoms with Gasteiger partial charge in [0, 0.05) is 58.8 Å². The van der Waals surface area contributed by atoms with E-state index < -0.39 is 0 Å². The zero-order valence-electron chi connectivity index (χ0n) is 16.1. The first-order valence-electron chi connectivity index (χ1n) is 9.61. The fourth-order valence-electron chi connectivity index (χ4n) is 3.53. The molecule has 3 aromatic rings. The van der Waals surface area contributed by atoms with Crippen LogP contribution in [-0.2, 0) is 17.8 Å². The Morgan fingerprint density at radius 1 is 1.07 bits per heavy atom. The van der Waals surface area contributed by atoms with E-state index in [9.17, 15) is 4.79 Å². The minimum absolute atomic E-state index is 0.0752. The van der Waals surface area contributed by atoms with E-state index in [2.05, 4.69) is 44.0 Å². The molecular weight excluding hydrogens is 354 g/mol. The van der Waals surface area contributed by atoms with Crippen molar-refractivity contribution in [3.8, 4) is 0 Å². The molecule has 1 saturated heterocycles. The highest BCUT2D eigenvalue weighted by atomic mass is 16.5. The minimum Gasteiger partial charge on any atom is -0.383 e. The normalized spacial score (nSPS) is 15.2. The molecule has 1 aliphatic heterocycles. The molecule has 0 aliphatic carbocycles. The fourth-order valence-corrected chi connectivity index (χ4v) is 3.53. The van der Waals surface area contributed by atoms with Crippen molar-refractivity contribution in [2.45, 2.75) is 13.1 Å². The van der Waals surface area contributed by atoms with Crippen molar-refractivity contribution < 1.29 is 4.74 Å². The van der Waals surface area contributed by atoms with Gasteiger partial charge in [0.15, 0.2) is 0 Å². The molecular formula is C21H25N5O2. The topological polar surface area (TPSA) is 63.5 Å². The van der Waals surface area contributed by atoms with Gasteiger partial charge in [0.2, 0.25) is 5.95 Å². The van der Waals surface area contributed by atoms with Crippen molar-refractivity contribution in [1.29, 1.82) is 0 Å². The van der Waals surface area contributed by atoms with E-state index >= 15 is 0 Å². The summed E-state index contributed by atoms with van der Waals surface area (Å²) in [5.74, 6) is 0.695. The van der Waals surface area contributed by atoms with E-state index in [0.29, 0.717) is 30.0 Å². The Labute approximate surface area is 164 Å². The van der Waals surface area contributed by atoms with Gasteiger partial charge < -0.3 is 14.2 Å². The molecule has 0 bridgehead atoms. The van der Waals surface area contributed by atoms with Gasteiger partial charge in [-0.1, -0.05) is 30.3 Å². The number of aromatic nitrogens is 3. The van der Waals surface area contributed by atoms with Crippen LogP contribution in [0.1, 0.15) is 5.56 Å². The lowest BCUT2D eigenvalue weighted by atomic mass is 10.2. The molecule has 28 heavy (non-hydrogen) atoms. The Morgan fingerprint density at radius 3 is 2.61 bits per heavy atom. The Balaban J connectivity index is 1.44. The number of piperazine rings is 1. The summed E-state index contributed by atoms with van der Waals surface area (Å²) in [6.07, 6.45) is 3.43. The van der Waals surface area contributed by atoms with Crippen molar-refractivity contribution in [3.63, 3.8) is 0 Å². The molecule has 0 atom stereocenters. The fraction of sp³-hybridized carbons (Fsp3) is 0.381. The average Bonchev–Trinajstić information content (AvgIpc) is 2.74. The molecule has 1 fully saturated rings.